The lowest BCUT2D eigenvalue weighted by Gasteiger charge is -2.08. The van der Waals surface area contributed by atoms with Crippen molar-refractivity contribution in [1.82, 2.24) is 4.98 Å². The number of nitrogens with zero attached hydrogens (tertiary/aromatic N) is 1. The van der Waals surface area contributed by atoms with Crippen LogP contribution in [-0.2, 0) is 11.3 Å². The number of halogens is 1. The highest BCUT2D eigenvalue weighted by molar-refractivity contribution is 5.89. The van der Waals surface area contributed by atoms with Crippen molar-refractivity contribution in [3.05, 3.63) is 53.5 Å². The maximum Gasteiger partial charge on any atom is 0.340 e. The Hall–Kier alpha value is -2.63. The number of carbonyl (C=O) groups is 1. The molecule has 0 unspecified atom stereocenters. The van der Waals surface area contributed by atoms with Crippen LogP contribution < -0.4 is 10.1 Å². The first-order chi connectivity index (χ1) is 10.1. The van der Waals surface area contributed by atoms with Crippen LogP contribution in [0.15, 0.2) is 36.5 Å². The summed E-state index contributed by atoms with van der Waals surface area (Å²) in [5.41, 5.74) is 1.41. The number of rotatable bonds is 5. The second-order valence-corrected chi connectivity index (χ2v) is 4.25. The number of anilines is 1. The molecule has 0 aliphatic heterocycles. The molecule has 0 saturated carbocycles. The average molecular weight is 290 g/mol. The van der Waals surface area contributed by atoms with Crippen LogP contribution in [0, 0.1) is 5.82 Å². The predicted octanol–water partition coefficient (Wildman–Crippen LogP) is 2.63. The zero-order valence-corrected chi connectivity index (χ0v) is 11.7. The Kier molecular flexibility index (Phi) is 4.71. The smallest absolute Gasteiger partial charge is 0.340 e. The zero-order chi connectivity index (χ0) is 15.2. The van der Waals surface area contributed by atoms with E-state index in [4.69, 9.17) is 4.74 Å². The summed E-state index contributed by atoms with van der Waals surface area (Å²) in [6, 6.07) is 7.91. The third-order valence-electron chi connectivity index (χ3n) is 2.88. The quantitative estimate of drug-likeness (QED) is 0.858. The van der Waals surface area contributed by atoms with Crippen molar-refractivity contribution < 1.29 is 18.7 Å². The van der Waals surface area contributed by atoms with Crippen LogP contribution in [0.2, 0.25) is 0 Å². The van der Waals surface area contributed by atoms with Crippen molar-refractivity contribution in [3.63, 3.8) is 0 Å². The molecule has 5 nitrogen and oxygen atoms in total. The molecule has 6 heteroatoms. The van der Waals surface area contributed by atoms with Crippen molar-refractivity contribution in [2.75, 3.05) is 19.5 Å². The van der Waals surface area contributed by atoms with Gasteiger partial charge in [-0.25, -0.2) is 14.2 Å². The van der Waals surface area contributed by atoms with Crippen LogP contribution in [0.1, 0.15) is 15.9 Å². The maximum atomic E-state index is 13.8. The van der Waals surface area contributed by atoms with Crippen LogP contribution in [0.5, 0.6) is 5.88 Å². The SMILES string of the molecule is COC(=O)c1ccc(CNc2ccc(OC)nc2)cc1F. The number of hydrogen-bond donors (Lipinski definition) is 1. The summed E-state index contributed by atoms with van der Waals surface area (Å²) in [7, 11) is 2.76. The fourth-order valence-electron chi connectivity index (χ4n) is 1.75. The molecule has 21 heavy (non-hydrogen) atoms. The van der Waals surface area contributed by atoms with Gasteiger partial charge in [0, 0.05) is 12.6 Å². The third kappa shape index (κ3) is 3.68. The van der Waals surface area contributed by atoms with E-state index in [1.54, 1.807) is 25.4 Å². The van der Waals surface area contributed by atoms with E-state index in [1.807, 2.05) is 6.07 Å². The van der Waals surface area contributed by atoms with Crippen LogP contribution in [0.25, 0.3) is 0 Å². The molecule has 0 amide bonds. The van der Waals surface area contributed by atoms with Gasteiger partial charge < -0.3 is 14.8 Å². The molecule has 0 fully saturated rings. The van der Waals surface area contributed by atoms with Gasteiger partial charge in [0.15, 0.2) is 0 Å². The molecule has 0 bridgehead atoms. The Balaban J connectivity index is 2.03. The van der Waals surface area contributed by atoms with Crippen molar-refractivity contribution in [1.29, 1.82) is 0 Å². The lowest BCUT2D eigenvalue weighted by molar-refractivity contribution is 0.0595. The summed E-state index contributed by atoms with van der Waals surface area (Å²) in [5.74, 6) is -0.769. The van der Waals surface area contributed by atoms with E-state index < -0.39 is 11.8 Å². The number of esters is 1. The van der Waals surface area contributed by atoms with Crippen LogP contribution in [-0.4, -0.2) is 25.2 Å². The minimum absolute atomic E-state index is 0.0765. The molecule has 1 heterocycles. The molecular formula is C15H15FN2O3. The molecule has 0 spiro atoms. The van der Waals surface area contributed by atoms with Gasteiger partial charge >= 0.3 is 5.97 Å². The van der Waals surface area contributed by atoms with E-state index >= 15 is 0 Å². The number of hydrogen-bond acceptors (Lipinski definition) is 5. The second kappa shape index (κ2) is 6.69. The van der Waals surface area contributed by atoms with E-state index in [1.165, 1.54) is 19.2 Å². The highest BCUT2D eigenvalue weighted by Crippen LogP contribution is 2.15. The standard InChI is InChI=1S/C15H15FN2O3/c1-20-14-6-4-11(9-18-14)17-8-10-3-5-12(13(16)7-10)15(19)21-2/h3-7,9,17H,8H2,1-2H3. The molecule has 2 rings (SSSR count). The zero-order valence-electron chi connectivity index (χ0n) is 11.7. The summed E-state index contributed by atoms with van der Waals surface area (Å²) in [5, 5.41) is 3.10. The first-order valence-corrected chi connectivity index (χ1v) is 6.24. The largest absolute Gasteiger partial charge is 0.481 e. The number of pyridine rings is 1. The van der Waals surface area contributed by atoms with E-state index in [-0.39, 0.29) is 5.56 Å². The molecule has 0 atom stereocenters. The van der Waals surface area contributed by atoms with Crippen molar-refractivity contribution in [3.8, 4) is 5.88 Å². The van der Waals surface area contributed by atoms with E-state index in [0.717, 1.165) is 5.69 Å². The van der Waals surface area contributed by atoms with Gasteiger partial charge in [0.05, 0.1) is 31.7 Å². The Morgan fingerprint density at radius 3 is 2.67 bits per heavy atom. The van der Waals surface area contributed by atoms with E-state index in [9.17, 15) is 9.18 Å². The molecule has 1 aromatic carbocycles. The van der Waals surface area contributed by atoms with Gasteiger partial charge in [-0.2, -0.15) is 0 Å². The maximum absolute atomic E-state index is 13.8. The molecule has 1 N–H and O–H groups in total. The van der Waals surface area contributed by atoms with Crippen molar-refractivity contribution in [2.45, 2.75) is 6.54 Å². The summed E-state index contributed by atoms with van der Waals surface area (Å²) >= 11 is 0. The van der Waals surface area contributed by atoms with Gasteiger partial charge in [0.1, 0.15) is 5.82 Å². The second-order valence-electron chi connectivity index (χ2n) is 4.25. The highest BCUT2D eigenvalue weighted by atomic mass is 19.1. The van der Waals surface area contributed by atoms with Gasteiger partial charge in [-0.05, 0) is 23.8 Å². The molecule has 0 aliphatic carbocycles. The number of carbonyl (C=O) groups excluding carboxylic acids is 1. The van der Waals surface area contributed by atoms with Gasteiger partial charge in [0.25, 0.3) is 0 Å². The van der Waals surface area contributed by atoms with Crippen LogP contribution >= 0.6 is 0 Å². The number of methoxy groups -OCH3 is 2. The number of benzene rings is 1. The molecule has 1 aromatic heterocycles. The molecular weight excluding hydrogens is 275 g/mol. The van der Waals surface area contributed by atoms with Gasteiger partial charge in [-0.3, -0.25) is 0 Å². The normalized spacial score (nSPS) is 10.0. The monoisotopic (exact) mass is 290 g/mol. The van der Waals surface area contributed by atoms with Gasteiger partial charge in [-0.1, -0.05) is 6.07 Å². The third-order valence-corrected chi connectivity index (χ3v) is 2.88. The van der Waals surface area contributed by atoms with Gasteiger partial charge in [-0.15, -0.1) is 0 Å². The number of aromatic nitrogens is 1. The summed E-state index contributed by atoms with van der Waals surface area (Å²) < 4.78 is 23.2. The minimum atomic E-state index is -0.689. The molecule has 110 valence electrons. The molecule has 0 saturated heterocycles. The topological polar surface area (TPSA) is 60.5 Å². The minimum Gasteiger partial charge on any atom is -0.481 e. The fourth-order valence-corrected chi connectivity index (χ4v) is 1.75. The van der Waals surface area contributed by atoms with E-state index in [2.05, 4.69) is 15.0 Å². The van der Waals surface area contributed by atoms with Crippen LogP contribution in [0.3, 0.4) is 0 Å². The average Bonchev–Trinajstić information content (AvgIpc) is 2.52. The Morgan fingerprint density at radius 2 is 2.10 bits per heavy atom. The number of nitrogens with one attached hydrogen (secondary N) is 1. The summed E-state index contributed by atoms with van der Waals surface area (Å²) in [6.45, 7) is 0.409. The van der Waals surface area contributed by atoms with Crippen molar-refractivity contribution >= 4 is 11.7 Å². The Bertz CT molecular complexity index is 629. The Morgan fingerprint density at radius 1 is 1.29 bits per heavy atom. The highest BCUT2D eigenvalue weighted by Gasteiger charge is 2.12. The predicted molar refractivity (Wildman–Crippen MR) is 75.9 cm³/mol. The lowest BCUT2D eigenvalue weighted by atomic mass is 10.1. The molecule has 0 radical (unpaired) electrons. The molecule has 2 aromatic rings. The summed E-state index contributed by atoms with van der Waals surface area (Å²) in [6.07, 6.45) is 1.62. The molecule has 0 aliphatic rings. The van der Waals surface area contributed by atoms with Crippen molar-refractivity contribution in [2.24, 2.45) is 0 Å². The lowest BCUT2D eigenvalue weighted by Crippen LogP contribution is -2.06. The first-order valence-electron chi connectivity index (χ1n) is 6.24. The van der Waals surface area contributed by atoms with E-state index in [0.29, 0.717) is 18.0 Å². The first kappa shape index (κ1) is 14.8. The summed E-state index contributed by atoms with van der Waals surface area (Å²) in [4.78, 5) is 15.3. The fraction of sp³-hybridized carbons (Fsp3) is 0.200. The van der Waals surface area contributed by atoms with Gasteiger partial charge in [0.2, 0.25) is 5.88 Å². The van der Waals surface area contributed by atoms with Crippen LogP contribution in [0.4, 0.5) is 10.1 Å². The Labute approximate surface area is 121 Å². The number of ether oxygens (including phenoxy) is 2.